The molecule has 2 nitrogen and oxygen atoms in total. The first kappa shape index (κ1) is 10.0. The molecule has 1 N–H and O–H groups in total. The largest absolute Gasteiger partial charge is 0.381 e. The van der Waals surface area contributed by atoms with E-state index in [1.165, 1.54) is 25.7 Å². The third-order valence-corrected chi connectivity index (χ3v) is 2.82. The SMILES string of the molecule is CCOCC1CCCCC1NC. The van der Waals surface area contributed by atoms with E-state index in [1.54, 1.807) is 0 Å². The fourth-order valence-corrected chi connectivity index (χ4v) is 2.06. The molecule has 1 aliphatic carbocycles. The number of rotatable bonds is 4. The summed E-state index contributed by atoms with van der Waals surface area (Å²) in [5.74, 6) is 0.753. The van der Waals surface area contributed by atoms with Crippen molar-refractivity contribution in [1.29, 1.82) is 0 Å². The highest BCUT2D eigenvalue weighted by molar-refractivity contribution is 4.79. The molecule has 12 heavy (non-hydrogen) atoms. The second-order valence-electron chi connectivity index (χ2n) is 3.60. The van der Waals surface area contributed by atoms with Crippen molar-refractivity contribution in [3.63, 3.8) is 0 Å². The Balaban J connectivity index is 2.26. The molecule has 1 rings (SSSR count). The van der Waals surface area contributed by atoms with Crippen LogP contribution in [-0.2, 0) is 4.74 Å². The second kappa shape index (κ2) is 5.55. The molecule has 0 aromatic carbocycles. The Kier molecular flexibility index (Phi) is 4.62. The van der Waals surface area contributed by atoms with Gasteiger partial charge in [0.25, 0.3) is 0 Å². The second-order valence-corrected chi connectivity index (χ2v) is 3.60. The lowest BCUT2D eigenvalue weighted by Gasteiger charge is -2.30. The molecule has 1 fully saturated rings. The number of ether oxygens (including phenoxy) is 1. The smallest absolute Gasteiger partial charge is 0.0508 e. The van der Waals surface area contributed by atoms with Gasteiger partial charge >= 0.3 is 0 Å². The highest BCUT2D eigenvalue weighted by Crippen LogP contribution is 2.24. The van der Waals surface area contributed by atoms with E-state index in [-0.39, 0.29) is 0 Å². The van der Waals surface area contributed by atoms with Gasteiger partial charge in [-0.05, 0) is 32.7 Å². The summed E-state index contributed by atoms with van der Waals surface area (Å²) in [7, 11) is 2.06. The Bertz CT molecular complexity index is 116. The summed E-state index contributed by atoms with van der Waals surface area (Å²) in [5.41, 5.74) is 0. The maximum atomic E-state index is 5.47. The minimum atomic E-state index is 0.699. The fraction of sp³-hybridized carbons (Fsp3) is 1.00. The van der Waals surface area contributed by atoms with Gasteiger partial charge in [0.05, 0.1) is 6.61 Å². The molecule has 0 spiro atoms. The van der Waals surface area contributed by atoms with Gasteiger partial charge in [-0.3, -0.25) is 0 Å². The monoisotopic (exact) mass is 171 g/mol. The van der Waals surface area contributed by atoms with Crippen LogP contribution in [0.5, 0.6) is 0 Å². The van der Waals surface area contributed by atoms with Gasteiger partial charge in [0.15, 0.2) is 0 Å². The van der Waals surface area contributed by atoms with E-state index >= 15 is 0 Å². The van der Waals surface area contributed by atoms with Gasteiger partial charge in [0, 0.05) is 12.6 Å². The van der Waals surface area contributed by atoms with Crippen molar-refractivity contribution >= 4 is 0 Å². The zero-order valence-electron chi connectivity index (χ0n) is 8.31. The lowest BCUT2D eigenvalue weighted by Crippen LogP contribution is -2.38. The van der Waals surface area contributed by atoms with Crippen LogP contribution >= 0.6 is 0 Å². The van der Waals surface area contributed by atoms with Gasteiger partial charge in [0.1, 0.15) is 0 Å². The molecule has 0 radical (unpaired) electrons. The molecule has 2 heteroatoms. The van der Waals surface area contributed by atoms with E-state index in [0.29, 0.717) is 6.04 Å². The van der Waals surface area contributed by atoms with Crippen LogP contribution in [-0.4, -0.2) is 26.3 Å². The standard InChI is InChI=1S/C10H21NO/c1-3-12-8-9-6-4-5-7-10(9)11-2/h9-11H,3-8H2,1-2H3. The molecule has 0 bridgehead atoms. The molecule has 0 heterocycles. The Morgan fingerprint density at radius 1 is 1.33 bits per heavy atom. The van der Waals surface area contributed by atoms with Crippen molar-refractivity contribution in [3.05, 3.63) is 0 Å². The van der Waals surface area contributed by atoms with Gasteiger partial charge in [-0.1, -0.05) is 12.8 Å². The van der Waals surface area contributed by atoms with Gasteiger partial charge in [-0.2, -0.15) is 0 Å². The van der Waals surface area contributed by atoms with Gasteiger partial charge in [-0.25, -0.2) is 0 Å². The summed E-state index contributed by atoms with van der Waals surface area (Å²) in [5, 5.41) is 3.38. The molecule has 0 saturated heterocycles. The minimum absolute atomic E-state index is 0.699. The molecule has 72 valence electrons. The Morgan fingerprint density at radius 2 is 2.08 bits per heavy atom. The van der Waals surface area contributed by atoms with Crippen molar-refractivity contribution in [3.8, 4) is 0 Å². The molecule has 0 amide bonds. The van der Waals surface area contributed by atoms with Crippen molar-refractivity contribution < 1.29 is 4.74 Å². The maximum Gasteiger partial charge on any atom is 0.0508 e. The lowest BCUT2D eigenvalue weighted by molar-refractivity contribution is 0.0796. The molecule has 2 atom stereocenters. The Morgan fingerprint density at radius 3 is 2.75 bits per heavy atom. The van der Waals surface area contributed by atoms with Crippen molar-refractivity contribution in [2.24, 2.45) is 5.92 Å². The molecule has 2 unspecified atom stereocenters. The van der Waals surface area contributed by atoms with Crippen molar-refractivity contribution in [2.75, 3.05) is 20.3 Å². The summed E-state index contributed by atoms with van der Waals surface area (Å²) >= 11 is 0. The van der Waals surface area contributed by atoms with Crippen molar-refractivity contribution in [2.45, 2.75) is 38.6 Å². The van der Waals surface area contributed by atoms with Crippen LogP contribution in [0.2, 0.25) is 0 Å². The number of hydrogen-bond donors (Lipinski definition) is 1. The highest BCUT2D eigenvalue weighted by atomic mass is 16.5. The van der Waals surface area contributed by atoms with Crippen LogP contribution in [0.15, 0.2) is 0 Å². The molecule has 0 aromatic heterocycles. The van der Waals surface area contributed by atoms with Crippen LogP contribution in [0.4, 0.5) is 0 Å². The first-order valence-corrected chi connectivity index (χ1v) is 5.13. The average Bonchev–Trinajstić information content (AvgIpc) is 2.15. The summed E-state index contributed by atoms with van der Waals surface area (Å²) < 4.78 is 5.47. The molecule has 0 aromatic rings. The van der Waals surface area contributed by atoms with Gasteiger partial charge < -0.3 is 10.1 Å². The van der Waals surface area contributed by atoms with Gasteiger partial charge in [0.2, 0.25) is 0 Å². The highest BCUT2D eigenvalue weighted by Gasteiger charge is 2.23. The zero-order valence-corrected chi connectivity index (χ0v) is 8.31. The minimum Gasteiger partial charge on any atom is -0.381 e. The topological polar surface area (TPSA) is 21.3 Å². The van der Waals surface area contributed by atoms with E-state index in [0.717, 1.165) is 19.1 Å². The van der Waals surface area contributed by atoms with Crippen molar-refractivity contribution in [1.82, 2.24) is 5.32 Å². The first-order valence-electron chi connectivity index (χ1n) is 5.13. The number of hydrogen-bond acceptors (Lipinski definition) is 2. The average molecular weight is 171 g/mol. The molecule has 1 aliphatic rings. The Labute approximate surface area is 75.7 Å². The predicted octanol–water partition coefficient (Wildman–Crippen LogP) is 1.80. The summed E-state index contributed by atoms with van der Waals surface area (Å²) in [6.45, 7) is 3.87. The molecule has 0 aliphatic heterocycles. The first-order chi connectivity index (χ1) is 5.88. The van der Waals surface area contributed by atoms with Crippen LogP contribution in [0.25, 0.3) is 0 Å². The maximum absolute atomic E-state index is 5.47. The molecular formula is C10H21NO. The van der Waals surface area contributed by atoms with Gasteiger partial charge in [-0.15, -0.1) is 0 Å². The molecular weight excluding hydrogens is 150 g/mol. The third kappa shape index (κ3) is 2.76. The van der Waals surface area contributed by atoms with Crippen LogP contribution in [0.1, 0.15) is 32.6 Å². The lowest BCUT2D eigenvalue weighted by atomic mass is 9.85. The fourth-order valence-electron chi connectivity index (χ4n) is 2.06. The van der Waals surface area contributed by atoms with Crippen LogP contribution in [0, 0.1) is 5.92 Å². The third-order valence-electron chi connectivity index (χ3n) is 2.82. The Hall–Kier alpha value is -0.0800. The van der Waals surface area contributed by atoms with Crippen LogP contribution in [0.3, 0.4) is 0 Å². The van der Waals surface area contributed by atoms with E-state index < -0.39 is 0 Å². The number of nitrogens with one attached hydrogen (secondary N) is 1. The van der Waals surface area contributed by atoms with E-state index in [9.17, 15) is 0 Å². The quantitative estimate of drug-likeness (QED) is 0.696. The predicted molar refractivity (Wildman–Crippen MR) is 51.3 cm³/mol. The van der Waals surface area contributed by atoms with E-state index in [2.05, 4.69) is 19.3 Å². The normalized spacial score (nSPS) is 30.5. The van der Waals surface area contributed by atoms with Crippen LogP contribution < -0.4 is 5.32 Å². The van der Waals surface area contributed by atoms with E-state index in [1.807, 2.05) is 0 Å². The van der Waals surface area contributed by atoms with E-state index in [4.69, 9.17) is 4.74 Å². The molecule has 1 saturated carbocycles. The zero-order chi connectivity index (χ0) is 8.81. The summed E-state index contributed by atoms with van der Waals surface area (Å²) in [6.07, 6.45) is 5.43. The summed E-state index contributed by atoms with van der Waals surface area (Å²) in [6, 6.07) is 0.699. The summed E-state index contributed by atoms with van der Waals surface area (Å²) in [4.78, 5) is 0.